The summed E-state index contributed by atoms with van der Waals surface area (Å²) in [7, 11) is -3.71. The topological polar surface area (TPSA) is 127 Å². The maximum atomic E-state index is 14.0. The molecule has 0 aliphatic carbocycles. The minimum absolute atomic E-state index is 0.00386. The van der Waals surface area contributed by atoms with Gasteiger partial charge in [0.15, 0.2) is 0 Å². The van der Waals surface area contributed by atoms with Gasteiger partial charge in [-0.3, -0.25) is 9.69 Å². The van der Waals surface area contributed by atoms with Crippen LogP contribution in [0.5, 0.6) is 0 Å². The van der Waals surface area contributed by atoms with Crippen LogP contribution in [0.25, 0.3) is 5.95 Å². The second kappa shape index (κ2) is 12.0. The average Bonchev–Trinajstić information content (AvgIpc) is 3.67. The Kier molecular flexibility index (Phi) is 8.22. The van der Waals surface area contributed by atoms with Gasteiger partial charge in [-0.05, 0) is 71.5 Å². The third-order valence-electron chi connectivity index (χ3n) is 8.21. The highest BCUT2D eigenvalue weighted by atomic mass is 79.9. The summed E-state index contributed by atoms with van der Waals surface area (Å²) < 4.78 is 25.7. The van der Waals surface area contributed by atoms with Crippen molar-refractivity contribution >= 4 is 31.9 Å². The molecule has 6 rings (SSSR count). The number of piperidine rings is 1. The second-order valence-corrected chi connectivity index (χ2v) is 13.4. The number of carbonyl (C=O) groups excluding carboxylic acids is 1. The van der Waals surface area contributed by atoms with Crippen LogP contribution in [0.3, 0.4) is 0 Å². The molecule has 42 heavy (non-hydrogen) atoms. The fourth-order valence-corrected chi connectivity index (χ4v) is 6.73. The lowest BCUT2D eigenvalue weighted by molar-refractivity contribution is 0.0788. The highest BCUT2D eigenvalue weighted by Crippen LogP contribution is 2.34. The van der Waals surface area contributed by atoms with Crippen molar-refractivity contribution in [2.24, 2.45) is 5.14 Å². The molecule has 2 saturated heterocycles. The van der Waals surface area contributed by atoms with Gasteiger partial charge in [-0.25, -0.2) is 28.2 Å². The van der Waals surface area contributed by atoms with Crippen LogP contribution in [0.1, 0.15) is 58.3 Å². The third-order valence-corrected chi connectivity index (χ3v) is 9.55. The van der Waals surface area contributed by atoms with Gasteiger partial charge in [0.05, 0.1) is 26.8 Å². The fraction of sp³-hybridized carbons (Fsp3) is 0.333. The van der Waals surface area contributed by atoms with Gasteiger partial charge in [-0.2, -0.15) is 5.10 Å². The summed E-state index contributed by atoms with van der Waals surface area (Å²) in [4.78, 5) is 27.3. The summed E-state index contributed by atoms with van der Waals surface area (Å²) in [6.07, 6.45) is 7.66. The largest absolute Gasteiger partial charge is 0.338 e. The number of benzene rings is 2. The van der Waals surface area contributed by atoms with Gasteiger partial charge >= 0.3 is 0 Å². The minimum Gasteiger partial charge on any atom is -0.338 e. The first-order valence-corrected chi connectivity index (χ1v) is 16.3. The lowest BCUT2D eigenvalue weighted by Gasteiger charge is -2.32. The van der Waals surface area contributed by atoms with Crippen LogP contribution in [0.4, 0.5) is 0 Å². The second-order valence-electron chi connectivity index (χ2n) is 10.9. The predicted octanol–water partition coefficient (Wildman–Crippen LogP) is 4.08. The van der Waals surface area contributed by atoms with Crippen LogP contribution < -0.4 is 5.14 Å². The van der Waals surface area contributed by atoms with E-state index in [0.717, 1.165) is 48.1 Å². The van der Waals surface area contributed by atoms with Crippen LogP contribution in [-0.2, 0) is 16.6 Å². The SMILES string of the molecule is NS(=O)(=O)c1ccc(CN2CCC(c3c(C(=O)N4CC[C@H](c5ccccc5)C4)cnn3-c3ncc(Br)cn3)CC2)cc1. The number of hydrogen-bond acceptors (Lipinski definition) is 7. The van der Waals surface area contributed by atoms with E-state index in [1.54, 1.807) is 47.5 Å². The minimum atomic E-state index is -3.71. The Morgan fingerprint density at radius 2 is 1.57 bits per heavy atom. The van der Waals surface area contributed by atoms with Crippen LogP contribution in [-0.4, -0.2) is 70.1 Å². The van der Waals surface area contributed by atoms with E-state index >= 15 is 0 Å². The maximum Gasteiger partial charge on any atom is 0.257 e. The number of aromatic nitrogens is 4. The monoisotopic (exact) mass is 649 g/mol. The number of nitrogens with zero attached hydrogens (tertiary/aromatic N) is 6. The standard InChI is InChI=1S/C30H32BrN7O3S/c31-25-16-33-30(34-17-25)38-28(23-10-13-36(14-11-23)19-21-6-8-26(9-7-21)42(32,40)41)27(18-35-38)29(39)37-15-12-24(20-37)22-4-2-1-3-5-22/h1-9,16-18,23-24H,10-15,19-20H2,(H2,32,40,41)/t24-/m0/s1. The summed E-state index contributed by atoms with van der Waals surface area (Å²) in [5.74, 6) is 0.871. The molecule has 12 heteroatoms. The molecule has 0 unspecified atom stereocenters. The molecule has 1 amide bonds. The van der Waals surface area contributed by atoms with Crippen molar-refractivity contribution in [1.29, 1.82) is 0 Å². The van der Waals surface area contributed by atoms with Gasteiger partial charge < -0.3 is 4.90 Å². The smallest absolute Gasteiger partial charge is 0.257 e. The molecule has 0 saturated carbocycles. The maximum absolute atomic E-state index is 14.0. The molecule has 0 spiro atoms. The van der Waals surface area contributed by atoms with Crippen molar-refractivity contribution in [1.82, 2.24) is 29.5 Å². The molecule has 2 aliphatic rings. The molecule has 4 aromatic rings. The molecule has 2 N–H and O–H groups in total. The number of carbonyl (C=O) groups is 1. The van der Waals surface area contributed by atoms with E-state index in [9.17, 15) is 13.2 Å². The summed E-state index contributed by atoms with van der Waals surface area (Å²) in [6, 6.07) is 17.1. The molecular formula is C30H32BrN7O3S. The molecular weight excluding hydrogens is 618 g/mol. The van der Waals surface area contributed by atoms with E-state index in [4.69, 9.17) is 5.14 Å². The van der Waals surface area contributed by atoms with Gasteiger partial charge in [0, 0.05) is 43.9 Å². The average molecular weight is 651 g/mol. The zero-order valence-electron chi connectivity index (χ0n) is 23.0. The molecule has 2 aliphatic heterocycles. The highest BCUT2D eigenvalue weighted by molar-refractivity contribution is 9.10. The van der Waals surface area contributed by atoms with E-state index in [2.05, 4.69) is 48.0 Å². The van der Waals surface area contributed by atoms with Crippen LogP contribution >= 0.6 is 15.9 Å². The quantitative estimate of drug-likeness (QED) is 0.320. The number of rotatable bonds is 7. The molecule has 0 radical (unpaired) electrons. The molecule has 0 bridgehead atoms. The van der Waals surface area contributed by atoms with Gasteiger partial charge in [-0.15, -0.1) is 0 Å². The molecule has 1 atom stereocenters. The van der Waals surface area contributed by atoms with Crippen LogP contribution in [0.15, 0.2) is 82.6 Å². The Morgan fingerprint density at radius 1 is 0.905 bits per heavy atom. The van der Waals surface area contributed by atoms with E-state index in [1.807, 2.05) is 23.1 Å². The van der Waals surface area contributed by atoms with Gasteiger partial charge in [0.1, 0.15) is 0 Å². The number of sulfonamides is 1. The van der Waals surface area contributed by atoms with Crippen molar-refractivity contribution in [3.63, 3.8) is 0 Å². The van der Waals surface area contributed by atoms with Gasteiger partial charge in [0.25, 0.3) is 11.9 Å². The molecule has 2 aromatic carbocycles. The molecule has 2 aromatic heterocycles. The first-order valence-electron chi connectivity index (χ1n) is 14.0. The first kappa shape index (κ1) is 28.7. The highest BCUT2D eigenvalue weighted by Gasteiger charge is 2.34. The van der Waals surface area contributed by atoms with Crippen molar-refractivity contribution in [3.05, 3.63) is 100 Å². The van der Waals surface area contributed by atoms with E-state index in [-0.39, 0.29) is 16.7 Å². The molecule has 218 valence electrons. The van der Waals surface area contributed by atoms with Gasteiger partial charge in [-0.1, -0.05) is 42.5 Å². The Bertz CT molecular complexity index is 1650. The third kappa shape index (κ3) is 6.17. The first-order chi connectivity index (χ1) is 20.3. The fourth-order valence-electron chi connectivity index (χ4n) is 6.01. The van der Waals surface area contributed by atoms with E-state index in [1.165, 1.54) is 5.56 Å². The predicted molar refractivity (Wildman–Crippen MR) is 162 cm³/mol. The van der Waals surface area contributed by atoms with E-state index in [0.29, 0.717) is 37.1 Å². The van der Waals surface area contributed by atoms with Crippen molar-refractivity contribution in [3.8, 4) is 5.95 Å². The molecule has 4 heterocycles. The Labute approximate surface area is 253 Å². The number of hydrogen-bond donors (Lipinski definition) is 1. The van der Waals surface area contributed by atoms with Crippen LogP contribution in [0.2, 0.25) is 0 Å². The Hall–Kier alpha value is -3.45. The van der Waals surface area contributed by atoms with Crippen molar-refractivity contribution in [2.45, 2.75) is 42.5 Å². The number of halogens is 1. The van der Waals surface area contributed by atoms with Crippen molar-refractivity contribution < 1.29 is 13.2 Å². The molecule has 2 fully saturated rings. The zero-order valence-corrected chi connectivity index (χ0v) is 25.4. The number of nitrogens with two attached hydrogens (primary N) is 1. The van der Waals surface area contributed by atoms with Gasteiger partial charge in [0.2, 0.25) is 10.0 Å². The summed E-state index contributed by atoms with van der Waals surface area (Å²) in [5.41, 5.74) is 3.76. The normalized spacial score (nSPS) is 18.4. The number of amides is 1. The van der Waals surface area contributed by atoms with Crippen molar-refractivity contribution in [2.75, 3.05) is 26.2 Å². The number of primary sulfonamides is 1. The summed E-state index contributed by atoms with van der Waals surface area (Å²) in [6.45, 7) is 3.74. The zero-order chi connectivity index (χ0) is 29.3. The lowest BCUT2D eigenvalue weighted by atomic mass is 9.90. The lowest BCUT2D eigenvalue weighted by Crippen LogP contribution is -2.34. The number of likely N-dealkylation sites (tertiary alicyclic amines) is 2. The Morgan fingerprint density at radius 3 is 2.24 bits per heavy atom. The summed E-state index contributed by atoms with van der Waals surface area (Å²) >= 11 is 3.40. The van der Waals surface area contributed by atoms with Crippen LogP contribution in [0, 0.1) is 0 Å². The molecule has 10 nitrogen and oxygen atoms in total. The van der Waals surface area contributed by atoms with E-state index < -0.39 is 10.0 Å². The summed E-state index contributed by atoms with van der Waals surface area (Å²) in [5, 5.41) is 9.87. The Balaban J connectivity index is 1.21.